The Bertz CT molecular complexity index is 881. The molecule has 1 aliphatic carbocycles. The van der Waals surface area contributed by atoms with Crippen molar-refractivity contribution in [3.63, 3.8) is 0 Å². The number of halogens is 1. The van der Waals surface area contributed by atoms with Gasteiger partial charge in [-0.05, 0) is 29.9 Å². The second kappa shape index (κ2) is 8.41. The molecule has 1 saturated carbocycles. The molecule has 10 heteroatoms. The molecule has 0 aliphatic heterocycles. The molecule has 1 aliphatic rings. The van der Waals surface area contributed by atoms with Crippen LogP contribution in [0.4, 0.5) is 5.82 Å². The summed E-state index contributed by atoms with van der Waals surface area (Å²) in [5.41, 5.74) is 1.19. The summed E-state index contributed by atoms with van der Waals surface area (Å²) in [5.74, 6) is 0.361. The molecule has 0 bridgehead atoms. The van der Waals surface area contributed by atoms with Gasteiger partial charge in [-0.25, -0.2) is 4.98 Å². The summed E-state index contributed by atoms with van der Waals surface area (Å²) in [6, 6.07) is -1.04. The third kappa shape index (κ3) is 4.79. The average molecular weight is 425 g/mol. The molecule has 3 rings (SSSR count). The van der Waals surface area contributed by atoms with Crippen molar-refractivity contribution in [2.24, 2.45) is 5.41 Å². The number of nitrogens with one attached hydrogen (secondary N) is 2. The lowest BCUT2D eigenvalue weighted by Crippen LogP contribution is -2.42. The second-order valence-electron chi connectivity index (χ2n) is 8.71. The van der Waals surface area contributed by atoms with Gasteiger partial charge >= 0.3 is 0 Å². The van der Waals surface area contributed by atoms with Crippen LogP contribution in [0.2, 0.25) is 5.28 Å². The normalized spacial score (nSPS) is 24.8. The molecule has 0 unspecified atom stereocenters. The molecular formula is C19H29ClN6O3. The van der Waals surface area contributed by atoms with E-state index in [1.807, 2.05) is 0 Å². The van der Waals surface area contributed by atoms with Gasteiger partial charge in [-0.2, -0.15) is 9.97 Å². The molecule has 0 saturated heterocycles. The highest BCUT2D eigenvalue weighted by molar-refractivity contribution is 6.28. The Kier molecular flexibility index (Phi) is 6.30. The maximum Gasteiger partial charge on any atom is 0.226 e. The van der Waals surface area contributed by atoms with E-state index in [9.17, 15) is 15.0 Å². The summed E-state index contributed by atoms with van der Waals surface area (Å²) < 4.78 is 1.70. The van der Waals surface area contributed by atoms with Crippen LogP contribution < -0.4 is 10.6 Å². The lowest BCUT2D eigenvalue weighted by Gasteiger charge is -2.19. The quantitative estimate of drug-likeness (QED) is 0.521. The minimum atomic E-state index is -1.07. The number of aliphatic hydroxyl groups is 2. The topological polar surface area (TPSA) is 125 Å². The first-order valence-electron chi connectivity index (χ1n) is 9.90. The molecule has 1 amide bonds. The van der Waals surface area contributed by atoms with Crippen LogP contribution >= 0.6 is 11.6 Å². The summed E-state index contributed by atoms with van der Waals surface area (Å²) >= 11 is 6.14. The van der Waals surface area contributed by atoms with E-state index < -0.39 is 24.3 Å². The van der Waals surface area contributed by atoms with Crippen molar-refractivity contribution in [1.29, 1.82) is 0 Å². The van der Waals surface area contributed by atoms with Gasteiger partial charge in [-0.1, -0.05) is 27.7 Å². The van der Waals surface area contributed by atoms with Crippen LogP contribution in [0.15, 0.2) is 6.33 Å². The van der Waals surface area contributed by atoms with Gasteiger partial charge in [-0.3, -0.25) is 4.79 Å². The minimum Gasteiger partial charge on any atom is -0.388 e. The molecule has 2 aromatic heterocycles. The lowest BCUT2D eigenvalue weighted by molar-refractivity contribution is -0.122. The Labute approximate surface area is 174 Å². The maximum atomic E-state index is 11.7. The number of hydrogen-bond acceptors (Lipinski definition) is 7. The Balaban J connectivity index is 1.86. The van der Waals surface area contributed by atoms with Crippen molar-refractivity contribution in [3.8, 4) is 0 Å². The van der Waals surface area contributed by atoms with Gasteiger partial charge < -0.3 is 25.4 Å². The van der Waals surface area contributed by atoms with Crippen molar-refractivity contribution in [1.82, 2.24) is 24.8 Å². The van der Waals surface area contributed by atoms with Crippen molar-refractivity contribution in [2.45, 2.75) is 71.2 Å². The fourth-order valence-electron chi connectivity index (χ4n) is 3.55. The molecule has 4 atom stereocenters. The maximum absolute atomic E-state index is 11.7. The van der Waals surface area contributed by atoms with Crippen LogP contribution in [0.5, 0.6) is 0 Å². The fourth-order valence-corrected chi connectivity index (χ4v) is 3.71. The third-order valence-electron chi connectivity index (χ3n) is 5.24. The van der Waals surface area contributed by atoms with E-state index in [0.717, 1.165) is 6.42 Å². The van der Waals surface area contributed by atoms with Gasteiger partial charge in [0, 0.05) is 13.0 Å². The zero-order valence-electron chi connectivity index (χ0n) is 17.2. The van der Waals surface area contributed by atoms with Gasteiger partial charge in [0.05, 0.1) is 18.4 Å². The van der Waals surface area contributed by atoms with Crippen molar-refractivity contribution >= 4 is 34.5 Å². The van der Waals surface area contributed by atoms with Crippen LogP contribution in [0.3, 0.4) is 0 Å². The van der Waals surface area contributed by atoms with Crippen LogP contribution in [0, 0.1) is 5.41 Å². The number of imidazole rings is 1. The largest absolute Gasteiger partial charge is 0.388 e. The first kappa shape index (κ1) is 21.7. The van der Waals surface area contributed by atoms with Gasteiger partial charge in [0.1, 0.15) is 12.2 Å². The highest BCUT2D eigenvalue weighted by Gasteiger charge is 2.43. The molecule has 1 fully saturated rings. The monoisotopic (exact) mass is 424 g/mol. The number of aliphatic hydroxyl groups excluding tert-OH is 2. The Morgan fingerprint density at radius 3 is 2.69 bits per heavy atom. The summed E-state index contributed by atoms with van der Waals surface area (Å²) in [6.07, 6.45) is 1.02. The van der Waals surface area contributed by atoms with Crippen LogP contribution in [-0.2, 0) is 4.79 Å². The highest BCUT2D eigenvalue weighted by atomic mass is 35.5. The summed E-state index contributed by atoms with van der Waals surface area (Å²) in [5, 5.41) is 27.0. The average Bonchev–Trinajstić information content (AvgIpc) is 3.16. The van der Waals surface area contributed by atoms with Gasteiger partial charge in [0.15, 0.2) is 17.0 Å². The molecule has 29 heavy (non-hydrogen) atoms. The van der Waals surface area contributed by atoms with E-state index in [1.54, 1.807) is 17.8 Å². The van der Waals surface area contributed by atoms with E-state index in [-0.39, 0.29) is 16.6 Å². The molecule has 9 nitrogen and oxygen atoms in total. The SMILES string of the molecule is CCC(=O)N[C@H]1C[C@@H](n2cnc3c(NCCC(C)(C)C)nc(Cl)nc32)[C@H](O)[C@@H]1O. The number of fused-ring (bicyclic) bond motifs is 1. The van der Waals surface area contributed by atoms with E-state index in [2.05, 4.69) is 46.4 Å². The Morgan fingerprint density at radius 1 is 1.31 bits per heavy atom. The van der Waals surface area contributed by atoms with Crippen molar-refractivity contribution in [2.75, 3.05) is 11.9 Å². The number of carbonyl (C=O) groups is 1. The highest BCUT2D eigenvalue weighted by Crippen LogP contribution is 2.34. The van der Waals surface area contributed by atoms with E-state index in [1.165, 1.54) is 0 Å². The number of rotatable bonds is 6. The van der Waals surface area contributed by atoms with E-state index >= 15 is 0 Å². The standard InChI is InChI=1S/C19H29ClN6O3/c1-5-12(27)23-10-8-11(15(29)14(10)28)26-9-22-13-16(21-7-6-19(2,3)4)24-18(20)25-17(13)26/h9-11,14-15,28-29H,5-8H2,1-4H3,(H,23,27)(H,21,24,25)/t10-,11+,14+,15-/m0/s1. The van der Waals surface area contributed by atoms with Crippen LogP contribution in [0.25, 0.3) is 11.2 Å². The number of hydrogen-bond donors (Lipinski definition) is 4. The molecular weight excluding hydrogens is 396 g/mol. The first-order chi connectivity index (χ1) is 13.6. The van der Waals surface area contributed by atoms with Crippen LogP contribution in [0.1, 0.15) is 53.0 Å². The summed E-state index contributed by atoms with van der Waals surface area (Å²) in [4.78, 5) is 24.7. The van der Waals surface area contributed by atoms with E-state index in [4.69, 9.17) is 11.6 Å². The number of aromatic nitrogens is 4. The molecule has 0 spiro atoms. The van der Waals surface area contributed by atoms with Gasteiger partial charge in [0.2, 0.25) is 11.2 Å². The Hall–Kier alpha value is -1.97. The fraction of sp³-hybridized carbons (Fsp3) is 0.684. The second-order valence-corrected chi connectivity index (χ2v) is 9.05. The zero-order valence-corrected chi connectivity index (χ0v) is 17.9. The number of amides is 1. The van der Waals surface area contributed by atoms with Crippen molar-refractivity contribution < 1.29 is 15.0 Å². The molecule has 2 heterocycles. The third-order valence-corrected chi connectivity index (χ3v) is 5.41. The summed E-state index contributed by atoms with van der Waals surface area (Å²) in [6.45, 7) is 8.92. The van der Waals surface area contributed by atoms with Crippen molar-refractivity contribution in [3.05, 3.63) is 11.6 Å². The number of anilines is 1. The predicted molar refractivity (Wildman–Crippen MR) is 111 cm³/mol. The zero-order chi connectivity index (χ0) is 21.3. The lowest BCUT2D eigenvalue weighted by atomic mass is 9.92. The van der Waals surface area contributed by atoms with E-state index in [0.29, 0.717) is 36.4 Å². The predicted octanol–water partition coefficient (Wildman–Crippen LogP) is 1.89. The summed E-state index contributed by atoms with van der Waals surface area (Å²) in [7, 11) is 0. The molecule has 4 N–H and O–H groups in total. The van der Waals surface area contributed by atoms with Crippen LogP contribution in [-0.4, -0.2) is 60.4 Å². The minimum absolute atomic E-state index is 0.0707. The van der Waals surface area contributed by atoms with Gasteiger partial charge in [-0.15, -0.1) is 0 Å². The first-order valence-corrected chi connectivity index (χ1v) is 10.3. The Morgan fingerprint density at radius 2 is 2.03 bits per heavy atom. The number of nitrogens with zero attached hydrogens (tertiary/aromatic N) is 4. The van der Waals surface area contributed by atoms with Gasteiger partial charge in [0.25, 0.3) is 0 Å². The molecule has 160 valence electrons. The molecule has 0 aromatic carbocycles. The number of carbonyl (C=O) groups excluding carboxylic acids is 1. The molecule has 2 aromatic rings. The molecule has 0 radical (unpaired) electrons. The smallest absolute Gasteiger partial charge is 0.226 e.